The molecular formula is C17H34O2Si. The fourth-order valence-corrected chi connectivity index (χ4v) is 2.47. The first-order valence-electron chi connectivity index (χ1n) is 7.49. The number of aliphatic hydroxyl groups is 1. The third kappa shape index (κ3) is 7.41. The third-order valence-corrected chi connectivity index (χ3v) is 8.60. The molecule has 0 fully saturated rings. The molecule has 0 aromatic rings. The van der Waals surface area contributed by atoms with E-state index in [2.05, 4.69) is 66.8 Å². The largest absolute Gasteiger partial charge is 0.413 e. The minimum Gasteiger partial charge on any atom is -0.413 e. The van der Waals surface area contributed by atoms with Crippen molar-refractivity contribution < 1.29 is 9.53 Å². The van der Waals surface area contributed by atoms with Crippen molar-refractivity contribution in [1.82, 2.24) is 0 Å². The SMILES string of the molecule is C/C(=C\CC(C)(C)/C=C/CO)CO[Si](C)(C)C(C)(C)C. The summed E-state index contributed by atoms with van der Waals surface area (Å²) in [5.74, 6) is 0. The molecule has 2 nitrogen and oxygen atoms in total. The number of allylic oxidation sites excluding steroid dienone is 2. The number of hydrogen-bond donors (Lipinski definition) is 1. The van der Waals surface area contributed by atoms with E-state index in [-0.39, 0.29) is 17.1 Å². The lowest BCUT2D eigenvalue weighted by atomic mass is 9.88. The zero-order valence-corrected chi connectivity index (χ0v) is 15.7. The van der Waals surface area contributed by atoms with Crippen LogP contribution in [-0.2, 0) is 4.43 Å². The molecule has 0 bridgehead atoms. The Morgan fingerprint density at radius 1 is 1.15 bits per heavy atom. The molecule has 1 N–H and O–H groups in total. The monoisotopic (exact) mass is 298 g/mol. The average molecular weight is 299 g/mol. The van der Waals surface area contributed by atoms with Gasteiger partial charge in [0.15, 0.2) is 8.32 Å². The highest BCUT2D eigenvalue weighted by Gasteiger charge is 2.36. The van der Waals surface area contributed by atoms with Crippen LogP contribution in [0.5, 0.6) is 0 Å². The van der Waals surface area contributed by atoms with Gasteiger partial charge < -0.3 is 9.53 Å². The maximum absolute atomic E-state index is 8.84. The van der Waals surface area contributed by atoms with Crippen LogP contribution in [0.4, 0.5) is 0 Å². The zero-order chi connectivity index (χ0) is 16.0. The second kappa shape index (κ2) is 7.58. The average Bonchev–Trinajstić information content (AvgIpc) is 2.30. The van der Waals surface area contributed by atoms with Crippen LogP contribution < -0.4 is 0 Å². The second-order valence-electron chi connectivity index (χ2n) is 7.88. The van der Waals surface area contributed by atoms with Gasteiger partial charge in [-0.05, 0) is 36.9 Å². The van der Waals surface area contributed by atoms with Crippen LogP contribution >= 0.6 is 0 Å². The molecule has 0 aliphatic rings. The molecule has 0 saturated carbocycles. The maximum Gasteiger partial charge on any atom is 0.192 e. The first-order valence-corrected chi connectivity index (χ1v) is 10.4. The third-order valence-electron chi connectivity index (χ3n) is 4.12. The van der Waals surface area contributed by atoms with E-state index in [1.807, 2.05) is 6.08 Å². The summed E-state index contributed by atoms with van der Waals surface area (Å²) in [4.78, 5) is 0. The Labute approximate surface area is 127 Å². The van der Waals surface area contributed by atoms with Crippen molar-refractivity contribution in [2.24, 2.45) is 5.41 Å². The van der Waals surface area contributed by atoms with Gasteiger partial charge in [-0.25, -0.2) is 0 Å². The Morgan fingerprint density at radius 3 is 2.15 bits per heavy atom. The quantitative estimate of drug-likeness (QED) is 0.534. The van der Waals surface area contributed by atoms with Gasteiger partial charge >= 0.3 is 0 Å². The van der Waals surface area contributed by atoms with Gasteiger partial charge in [-0.3, -0.25) is 0 Å². The van der Waals surface area contributed by atoms with E-state index in [0.29, 0.717) is 0 Å². The fraction of sp³-hybridized carbons (Fsp3) is 0.765. The van der Waals surface area contributed by atoms with Crippen molar-refractivity contribution in [1.29, 1.82) is 0 Å². The molecule has 0 atom stereocenters. The van der Waals surface area contributed by atoms with Gasteiger partial charge in [-0.2, -0.15) is 0 Å². The molecule has 0 unspecified atom stereocenters. The molecule has 3 heteroatoms. The number of aliphatic hydroxyl groups excluding tert-OH is 1. The standard InChI is InChI=1S/C17H34O2Si/c1-15(10-12-17(5,6)11-9-13-18)14-19-20(7,8)16(2,3)4/h9-11,18H,12-14H2,1-8H3/b11-9+,15-10+. The first kappa shape index (κ1) is 19.6. The molecule has 0 aromatic heterocycles. The molecule has 0 heterocycles. The summed E-state index contributed by atoms with van der Waals surface area (Å²) < 4.78 is 6.21. The topological polar surface area (TPSA) is 29.5 Å². The van der Waals surface area contributed by atoms with Gasteiger partial charge in [0.2, 0.25) is 0 Å². The molecule has 118 valence electrons. The van der Waals surface area contributed by atoms with Crippen molar-refractivity contribution in [3.05, 3.63) is 23.8 Å². The van der Waals surface area contributed by atoms with Crippen LogP contribution in [-0.4, -0.2) is 26.6 Å². The summed E-state index contributed by atoms with van der Waals surface area (Å²) in [6.07, 6.45) is 7.12. The van der Waals surface area contributed by atoms with Crippen molar-refractivity contribution in [2.75, 3.05) is 13.2 Å². The molecule has 0 amide bonds. The second-order valence-corrected chi connectivity index (χ2v) is 12.7. The predicted octanol–water partition coefficient (Wildman–Crippen LogP) is 4.92. The van der Waals surface area contributed by atoms with Crippen LogP contribution in [0.2, 0.25) is 18.1 Å². The Balaban J connectivity index is 4.46. The van der Waals surface area contributed by atoms with Gasteiger partial charge in [-0.15, -0.1) is 0 Å². The van der Waals surface area contributed by atoms with Crippen molar-refractivity contribution >= 4 is 8.32 Å². The summed E-state index contributed by atoms with van der Waals surface area (Å²) in [5.41, 5.74) is 1.38. The Bertz CT molecular complexity index is 346. The molecule has 0 aliphatic heterocycles. The maximum atomic E-state index is 8.84. The summed E-state index contributed by atoms with van der Waals surface area (Å²) in [6, 6.07) is 0. The van der Waals surface area contributed by atoms with E-state index in [1.165, 1.54) is 5.57 Å². The molecule has 0 aromatic carbocycles. The van der Waals surface area contributed by atoms with Gasteiger partial charge in [0, 0.05) is 0 Å². The highest BCUT2D eigenvalue weighted by atomic mass is 28.4. The molecular weight excluding hydrogens is 264 g/mol. The van der Waals surface area contributed by atoms with Gasteiger partial charge in [-0.1, -0.05) is 58.4 Å². The minimum atomic E-state index is -1.65. The molecule has 0 radical (unpaired) electrons. The van der Waals surface area contributed by atoms with E-state index in [0.717, 1.165) is 13.0 Å². The lowest BCUT2D eigenvalue weighted by Crippen LogP contribution is -2.41. The van der Waals surface area contributed by atoms with Crippen LogP contribution in [0.3, 0.4) is 0 Å². The fourth-order valence-electron chi connectivity index (χ4n) is 1.45. The van der Waals surface area contributed by atoms with E-state index in [4.69, 9.17) is 9.53 Å². The van der Waals surface area contributed by atoms with E-state index in [9.17, 15) is 0 Å². The minimum absolute atomic E-state index is 0.0843. The van der Waals surface area contributed by atoms with E-state index >= 15 is 0 Å². The smallest absolute Gasteiger partial charge is 0.192 e. The molecule has 0 saturated heterocycles. The summed E-state index contributed by atoms with van der Waals surface area (Å²) in [7, 11) is -1.65. The zero-order valence-electron chi connectivity index (χ0n) is 14.7. The van der Waals surface area contributed by atoms with Crippen molar-refractivity contribution in [2.45, 2.75) is 66.1 Å². The van der Waals surface area contributed by atoms with Crippen molar-refractivity contribution in [3.8, 4) is 0 Å². The first-order chi connectivity index (χ1) is 8.91. The number of hydrogen-bond acceptors (Lipinski definition) is 2. The summed E-state index contributed by atoms with van der Waals surface area (Å²) in [5, 5.41) is 9.10. The predicted molar refractivity (Wildman–Crippen MR) is 91.5 cm³/mol. The van der Waals surface area contributed by atoms with Crippen LogP contribution in [0.1, 0.15) is 48.0 Å². The van der Waals surface area contributed by atoms with Crippen molar-refractivity contribution in [3.63, 3.8) is 0 Å². The lowest BCUT2D eigenvalue weighted by molar-refractivity contribution is 0.317. The Hall–Kier alpha value is -0.383. The van der Waals surface area contributed by atoms with Gasteiger partial charge in [0.1, 0.15) is 0 Å². The normalized spacial score (nSPS) is 15.2. The number of rotatable bonds is 7. The molecule has 0 aliphatic carbocycles. The molecule has 0 spiro atoms. The van der Waals surface area contributed by atoms with Crippen LogP contribution in [0.15, 0.2) is 23.8 Å². The molecule has 0 rings (SSSR count). The highest BCUT2D eigenvalue weighted by Crippen LogP contribution is 2.36. The van der Waals surface area contributed by atoms with E-state index < -0.39 is 8.32 Å². The Kier molecular flexibility index (Phi) is 7.43. The highest BCUT2D eigenvalue weighted by molar-refractivity contribution is 6.74. The van der Waals surface area contributed by atoms with Gasteiger partial charge in [0.25, 0.3) is 0 Å². The lowest BCUT2D eigenvalue weighted by Gasteiger charge is -2.36. The van der Waals surface area contributed by atoms with Crippen LogP contribution in [0.25, 0.3) is 0 Å². The Morgan fingerprint density at radius 2 is 1.70 bits per heavy atom. The summed E-state index contributed by atoms with van der Waals surface area (Å²) in [6.45, 7) is 18.7. The molecule has 20 heavy (non-hydrogen) atoms. The van der Waals surface area contributed by atoms with E-state index in [1.54, 1.807) is 0 Å². The van der Waals surface area contributed by atoms with Gasteiger partial charge in [0.05, 0.1) is 13.2 Å². The summed E-state index contributed by atoms with van der Waals surface area (Å²) >= 11 is 0. The van der Waals surface area contributed by atoms with Crippen LogP contribution in [0, 0.1) is 5.41 Å².